The molecule has 1 aromatic carbocycles. The number of halogens is 3. The van der Waals surface area contributed by atoms with Crippen molar-refractivity contribution in [1.29, 1.82) is 0 Å². The zero-order valence-electron chi connectivity index (χ0n) is 13.7. The van der Waals surface area contributed by atoms with Gasteiger partial charge in [0, 0.05) is 12.8 Å². The van der Waals surface area contributed by atoms with Crippen LogP contribution in [-0.2, 0) is 17.7 Å². The summed E-state index contributed by atoms with van der Waals surface area (Å²) in [5, 5.41) is 12.8. The van der Waals surface area contributed by atoms with Crippen LogP contribution in [0.15, 0.2) is 29.1 Å². The van der Waals surface area contributed by atoms with Gasteiger partial charge < -0.3 is 9.84 Å². The molecule has 3 rings (SSSR count). The van der Waals surface area contributed by atoms with Crippen molar-refractivity contribution in [2.24, 2.45) is 5.92 Å². The quantitative estimate of drug-likeness (QED) is 0.839. The number of rotatable bonds is 3. The molecule has 2 unspecified atom stereocenters. The summed E-state index contributed by atoms with van der Waals surface area (Å²) < 4.78 is 45.8. The fraction of sp³-hybridized carbons (Fsp3) is 0.438. The molecule has 0 saturated heterocycles. The highest BCUT2D eigenvalue weighted by Crippen LogP contribution is 2.38. The van der Waals surface area contributed by atoms with Crippen molar-refractivity contribution in [3.63, 3.8) is 0 Å². The molecule has 1 aromatic heterocycles. The molecule has 2 heterocycles. The van der Waals surface area contributed by atoms with Crippen molar-refractivity contribution in [2.75, 3.05) is 0 Å². The van der Waals surface area contributed by atoms with Gasteiger partial charge in [0.05, 0.1) is 12.5 Å². The maximum atomic E-state index is 13.1. The Hall–Kier alpha value is -2.78. The van der Waals surface area contributed by atoms with Crippen molar-refractivity contribution in [2.45, 2.75) is 38.7 Å². The van der Waals surface area contributed by atoms with Gasteiger partial charge in [-0.05, 0) is 12.5 Å². The topological polar surface area (TPSA) is 86.4 Å². The van der Waals surface area contributed by atoms with E-state index in [0.717, 1.165) is 20.4 Å². The Morgan fingerprint density at radius 2 is 2.00 bits per heavy atom. The van der Waals surface area contributed by atoms with Gasteiger partial charge in [-0.3, -0.25) is 0 Å². The van der Waals surface area contributed by atoms with Crippen LogP contribution in [0, 0.1) is 12.8 Å². The van der Waals surface area contributed by atoms with Gasteiger partial charge in [-0.2, -0.15) is 18.3 Å². The van der Waals surface area contributed by atoms with Crippen LogP contribution in [-0.4, -0.2) is 31.8 Å². The van der Waals surface area contributed by atoms with Crippen molar-refractivity contribution in [3.05, 3.63) is 51.7 Å². The number of fused-ring (bicyclic) bond motifs is 1. The summed E-state index contributed by atoms with van der Waals surface area (Å²) in [7, 11) is 0. The summed E-state index contributed by atoms with van der Waals surface area (Å²) in [6.07, 6.45) is -9.00. The average molecular weight is 371 g/mol. The molecule has 1 N–H and O–H groups in total. The Balaban J connectivity index is 1.97. The van der Waals surface area contributed by atoms with E-state index in [1.54, 1.807) is 12.1 Å². The number of aryl methyl sites for hydroxylation is 1. The first kappa shape index (κ1) is 18.0. The molecule has 0 bridgehead atoms. The van der Waals surface area contributed by atoms with Gasteiger partial charge in [-0.1, -0.05) is 29.8 Å². The lowest BCUT2D eigenvalue weighted by atomic mass is 9.96. The normalized spacial score (nSPS) is 19.8. The van der Waals surface area contributed by atoms with Crippen molar-refractivity contribution < 1.29 is 27.8 Å². The van der Waals surface area contributed by atoms with Crippen LogP contribution in [0.1, 0.15) is 29.6 Å². The summed E-state index contributed by atoms with van der Waals surface area (Å²) in [5.74, 6) is -1.96. The van der Waals surface area contributed by atoms with E-state index in [-0.39, 0.29) is 12.4 Å². The molecule has 0 spiro atoms. The molecule has 1 aliphatic heterocycles. The summed E-state index contributed by atoms with van der Waals surface area (Å²) in [6.45, 7) is 1.96. The fourth-order valence-electron chi connectivity index (χ4n) is 2.98. The SMILES string of the molecule is Cc1ccc(Cn2nc3n(c2=O)C(OC(=O)O)CC(C(F)(F)F)C3)cc1. The average Bonchev–Trinajstić information content (AvgIpc) is 2.84. The first-order valence-electron chi connectivity index (χ1n) is 7.85. The molecule has 26 heavy (non-hydrogen) atoms. The number of ether oxygens (including phenoxy) is 1. The lowest BCUT2D eigenvalue weighted by Gasteiger charge is -2.29. The summed E-state index contributed by atoms with van der Waals surface area (Å²) >= 11 is 0. The highest BCUT2D eigenvalue weighted by atomic mass is 19.4. The van der Waals surface area contributed by atoms with Crippen LogP contribution in [0.4, 0.5) is 18.0 Å². The van der Waals surface area contributed by atoms with Crippen LogP contribution in [0.25, 0.3) is 0 Å². The maximum absolute atomic E-state index is 13.1. The minimum atomic E-state index is -4.54. The molecule has 0 aliphatic carbocycles. The van der Waals surface area contributed by atoms with E-state index in [0.29, 0.717) is 0 Å². The third kappa shape index (κ3) is 3.58. The van der Waals surface area contributed by atoms with E-state index in [2.05, 4.69) is 9.84 Å². The van der Waals surface area contributed by atoms with Crippen LogP contribution in [0.2, 0.25) is 0 Å². The van der Waals surface area contributed by atoms with Crippen molar-refractivity contribution in [3.8, 4) is 0 Å². The lowest BCUT2D eigenvalue weighted by molar-refractivity contribution is -0.191. The van der Waals surface area contributed by atoms with E-state index in [1.165, 1.54) is 0 Å². The number of hydrogen-bond donors (Lipinski definition) is 1. The number of benzene rings is 1. The van der Waals surface area contributed by atoms with Gasteiger partial charge in [-0.15, -0.1) is 0 Å². The molecule has 7 nitrogen and oxygen atoms in total. The zero-order valence-corrected chi connectivity index (χ0v) is 13.7. The highest BCUT2D eigenvalue weighted by Gasteiger charge is 2.46. The standard InChI is InChI=1S/C16H16F3N3O4/c1-9-2-4-10(5-3-9)8-21-14(23)22-12(20-21)6-11(16(17,18)19)7-13(22)26-15(24)25/h2-5,11,13H,6-8H2,1H3,(H,24,25). The number of carbonyl (C=O) groups is 1. The van der Waals surface area contributed by atoms with Gasteiger partial charge in [-0.25, -0.2) is 18.8 Å². The molecule has 10 heteroatoms. The van der Waals surface area contributed by atoms with E-state index in [4.69, 9.17) is 5.11 Å². The molecule has 140 valence electrons. The number of alkyl halides is 3. The number of hydrogen-bond acceptors (Lipinski definition) is 4. The molecule has 0 fully saturated rings. The Kier molecular flexibility index (Phi) is 4.51. The van der Waals surface area contributed by atoms with Gasteiger partial charge in [0.2, 0.25) is 0 Å². The lowest BCUT2D eigenvalue weighted by Crippen LogP contribution is -2.39. The van der Waals surface area contributed by atoms with Gasteiger partial charge in [0.25, 0.3) is 0 Å². The largest absolute Gasteiger partial charge is 0.507 e. The summed E-state index contributed by atoms with van der Waals surface area (Å²) in [6, 6.07) is 7.24. The van der Waals surface area contributed by atoms with Crippen LogP contribution < -0.4 is 5.69 Å². The molecule has 2 atom stereocenters. The predicted molar refractivity (Wildman–Crippen MR) is 82.8 cm³/mol. The summed E-state index contributed by atoms with van der Waals surface area (Å²) in [4.78, 5) is 23.4. The Labute approximate surface area is 145 Å². The predicted octanol–water partition coefficient (Wildman–Crippen LogP) is 2.72. The second kappa shape index (κ2) is 6.50. The fourth-order valence-corrected chi connectivity index (χ4v) is 2.98. The van der Waals surface area contributed by atoms with Crippen LogP contribution in [0.3, 0.4) is 0 Å². The third-order valence-corrected chi connectivity index (χ3v) is 4.30. The molecular weight excluding hydrogens is 355 g/mol. The zero-order chi connectivity index (χ0) is 19.1. The maximum Gasteiger partial charge on any atom is 0.507 e. The van der Waals surface area contributed by atoms with Crippen molar-refractivity contribution in [1.82, 2.24) is 14.3 Å². The monoisotopic (exact) mass is 371 g/mol. The van der Waals surface area contributed by atoms with Crippen LogP contribution in [0.5, 0.6) is 0 Å². The molecule has 0 saturated carbocycles. The number of aromatic nitrogens is 3. The molecule has 1 aliphatic rings. The minimum Gasteiger partial charge on any atom is -0.450 e. The van der Waals surface area contributed by atoms with E-state index < -0.39 is 43.0 Å². The van der Waals surface area contributed by atoms with Gasteiger partial charge >= 0.3 is 18.0 Å². The first-order valence-corrected chi connectivity index (χ1v) is 7.85. The molecule has 2 aromatic rings. The molecule has 0 radical (unpaired) electrons. The summed E-state index contributed by atoms with van der Waals surface area (Å²) in [5.41, 5.74) is 1.07. The smallest absolute Gasteiger partial charge is 0.450 e. The Bertz CT molecular complexity index is 870. The second-order valence-corrected chi connectivity index (χ2v) is 6.23. The van der Waals surface area contributed by atoms with E-state index in [1.807, 2.05) is 19.1 Å². The number of nitrogens with zero attached hydrogens (tertiary/aromatic N) is 3. The van der Waals surface area contributed by atoms with Crippen molar-refractivity contribution >= 4 is 6.16 Å². The second-order valence-electron chi connectivity index (χ2n) is 6.23. The van der Waals surface area contributed by atoms with Gasteiger partial charge in [0.15, 0.2) is 6.23 Å². The molecule has 0 amide bonds. The first-order chi connectivity index (χ1) is 12.1. The van der Waals surface area contributed by atoms with Gasteiger partial charge in [0.1, 0.15) is 5.82 Å². The Morgan fingerprint density at radius 1 is 1.35 bits per heavy atom. The Morgan fingerprint density at radius 3 is 2.58 bits per heavy atom. The highest BCUT2D eigenvalue weighted by molar-refractivity contribution is 5.56. The third-order valence-electron chi connectivity index (χ3n) is 4.30. The van der Waals surface area contributed by atoms with E-state index >= 15 is 0 Å². The number of carboxylic acid groups (broad SMARTS) is 1. The van der Waals surface area contributed by atoms with E-state index in [9.17, 15) is 22.8 Å². The minimum absolute atomic E-state index is 0.0651. The molecular formula is C16H16F3N3O4. The van der Waals surface area contributed by atoms with Crippen LogP contribution >= 0.6 is 0 Å².